The molecule has 0 amide bonds. The molecule has 0 fully saturated rings. The molecular formula is C15H21N3. The maximum Gasteiger partial charge on any atom is 0.116 e. The van der Waals surface area contributed by atoms with Gasteiger partial charge in [-0.25, -0.2) is 0 Å². The molecule has 2 rings (SSSR count). The Morgan fingerprint density at radius 3 is 2.28 bits per heavy atom. The van der Waals surface area contributed by atoms with E-state index in [2.05, 4.69) is 24.1 Å². The summed E-state index contributed by atoms with van der Waals surface area (Å²) >= 11 is 0. The van der Waals surface area contributed by atoms with Crippen LogP contribution < -0.4 is 5.73 Å². The summed E-state index contributed by atoms with van der Waals surface area (Å²) in [4.78, 5) is 0. The summed E-state index contributed by atoms with van der Waals surface area (Å²) in [7, 11) is 1.64. The SMILES string of the molecule is CCCC.CN=Nc1c(N)ccc2ccccc12. The Bertz CT molecular complexity index is 516. The van der Waals surface area contributed by atoms with Gasteiger partial charge in [0.25, 0.3) is 0 Å². The largest absolute Gasteiger partial charge is 0.397 e. The van der Waals surface area contributed by atoms with E-state index in [1.807, 2.05) is 36.4 Å². The molecule has 0 aromatic heterocycles. The van der Waals surface area contributed by atoms with Gasteiger partial charge in [-0.1, -0.05) is 57.0 Å². The van der Waals surface area contributed by atoms with Gasteiger partial charge in [0.2, 0.25) is 0 Å². The van der Waals surface area contributed by atoms with Crippen LogP contribution in [0.4, 0.5) is 11.4 Å². The lowest BCUT2D eigenvalue weighted by Crippen LogP contribution is -1.85. The molecule has 0 saturated carbocycles. The van der Waals surface area contributed by atoms with Crippen molar-refractivity contribution in [3.63, 3.8) is 0 Å². The molecule has 0 aliphatic heterocycles. The molecular weight excluding hydrogens is 222 g/mol. The maximum absolute atomic E-state index is 5.82. The molecule has 96 valence electrons. The van der Waals surface area contributed by atoms with Gasteiger partial charge >= 0.3 is 0 Å². The number of anilines is 1. The molecule has 0 aliphatic rings. The zero-order chi connectivity index (χ0) is 13.4. The summed E-state index contributed by atoms with van der Waals surface area (Å²) in [6.07, 6.45) is 2.64. The second-order valence-corrected chi connectivity index (χ2v) is 4.02. The number of nitrogen functional groups attached to an aromatic ring is 1. The average molecular weight is 243 g/mol. The molecule has 0 atom stereocenters. The van der Waals surface area contributed by atoms with Crippen LogP contribution in [0.2, 0.25) is 0 Å². The number of nitrogens with zero attached hydrogens (tertiary/aromatic N) is 2. The molecule has 2 aromatic carbocycles. The molecule has 0 aliphatic carbocycles. The van der Waals surface area contributed by atoms with Gasteiger partial charge in [0.05, 0.1) is 5.69 Å². The number of benzene rings is 2. The van der Waals surface area contributed by atoms with Crippen molar-refractivity contribution in [1.82, 2.24) is 0 Å². The van der Waals surface area contributed by atoms with Gasteiger partial charge in [-0.3, -0.25) is 0 Å². The molecule has 0 heterocycles. The van der Waals surface area contributed by atoms with Gasteiger partial charge in [-0.2, -0.15) is 10.2 Å². The highest BCUT2D eigenvalue weighted by Gasteiger charge is 2.02. The lowest BCUT2D eigenvalue weighted by Gasteiger charge is -2.03. The van der Waals surface area contributed by atoms with Gasteiger partial charge in [0.1, 0.15) is 5.69 Å². The number of hydrogen-bond donors (Lipinski definition) is 1. The van der Waals surface area contributed by atoms with E-state index in [4.69, 9.17) is 5.73 Å². The minimum absolute atomic E-state index is 0.661. The fourth-order valence-corrected chi connectivity index (χ4v) is 1.48. The van der Waals surface area contributed by atoms with Crippen molar-refractivity contribution in [2.24, 2.45) is 10.2 Å². The van der Waals surface area contributed by atoms with E-state index >= 15 is 0 Å². The number of nitrogens with two attached hydrogens (primary N) is 1. The Balaban J connectivity index is 0.000000357. The maximum atomic E-state index is 5.82. The lowest BCUT2D eigenvalue weighted by atomic mass is 10.1. The van der Waals surface area contributed by atoms with Crippen LogP contribution in [0.25, 0.3) is 10.8 Å². The predicted octanol–water partition coefficient (Wildman–Crippen LogP) is 4.94. The molecule has 0 saturated heterocycles. The van der Waals surface area contributed by atoms with Gasteiger partial charge in [-0.15, -0.1) is 0 Å². The van der Waals surface area contributed by atoms with Crippen molar-refractivity contribution in [1.29, 1.82) is 0 Å². The van der Waals surface area contributed by atoms with Crippen molar-refractivity contribution in [2.75, 3.05) is 12.8 Å². The van der Waals surface area contributed by atoms with Crippen molar-refractivity contribution in [3.8, 4) is 0 Å². The number of hydrogen-bond acceptors (Lipinski definition) is 3. The molecule has 0 spiro atoms. The first-order chi connectivity index (χ1) is 8.74. The van der Waals surface area contributed by atoms with Gasteiger partial charge < -0.3 is 5.73 Å². The summed E-state index contributed by atoms with van der Waals surface area (Å²) in [5.41, 5.74) is 7.24. The van der Waals surface area contributed by atoms with Crippen LogP contribution in [0.15, 0.2) is 46.6 Å². The fraction of sp³-hybridized carbons (Fsp3) is 0.333. The highest BCUT2D eigenvalue weighted by molar-refractivity contribution is 5.97. The molecule has 3 nitrogen and oxygen atoms in total. The highest BCUT2D eigenvalue weighted by Crippen LogP contribution is 2.31. The zero-order valence-corrected chi connectivity index (χ0v) is 11.4. The van der Waals surface area contributed by atoms with Crippen LogP contribution >= 0.6 is 0 Å². The third kappa shape index (κ3) is 3.55. The lowest BCUT2D eigenvalue weighted by molar-refractivity contribution is 0.886. The fourth-order valence-electron chi connectivity index (χ4n) is 1.48. The normalized spacial score (nSPS) is 10.4. The Morgan fingerprint density at radius 1 is 1.00 bits per heavy atom. The topological polar surface area (TPSA) is 50.7 Å². The van der Waals surface area contributed by atoms with E-state index in [0.29, 0.717) is 5.69 Å². The number of azo groups is 1. The first-order valence-electron chi connectivity index (χ1n) is 6.31. The second kappa shape index (κ2) is 7.43. The van der Waals surface area contributed by atoms with Crippen LogP contribution in [0.5, 0.6) is 0 Å². The van der Waals surface area contributed by atoms with Crippen LogP contribution in [0.1, 0.15) is 26.7 Å². The van der Waals surface area contributed by atoms with Crippen LogP contribution in [0, 0.1) is 0 Å². The second-order valence-electron chi connectivity index (χ2n) is 4.02. The standard InChI is InChI=1S/C11H11N3.C4H10/c1-13-14-11-9-5-3-2-4-8(9)6-7-10(11)12;1-3-4-2/h2-7H,12H2,1H3;3-4H2,1-2H3. The summed E-state index contributed by atoms with van der Waals surface area (Å²) in [6, 6.07) is 11.8. The Labute approximate surface area is 109 Å². The average Bonchev–Trinajstić information content (AvgIpc) is 2.42. The molecule has 2 aromatic rings. The third-order valence-electron chi connectivity index (χ3n) is 2.63. The van der Waals surface area contributed by atoms with Crippen molar-refractivity contribution >= 4 is 22.1 Å². The highest BCUT2D eigenvalue weighted by atomic mass is 15.1. The first-order valence-corrected chi connectivity index (χ1v) is 6.31. The van der Waals surface area contributed by atoms with E-state index in [-0.39, 0.29) is 0 Å². The Morgan fingerprint density at radius 2 is 1.67 bits per heavy atom. The quantitative estimate of drug-likeness (QED) is 0.589. The van der Waals surface area contributed by atoms with Crippen LogP contribution in [0.3, 0.4) is 0 Å². The molecule has 18 heavy (non-hydrogen) atoms. The predicted molar refractivity (Wildman–Crippen MR) is 79.4 cm³/mol. The van der Waals surface area contributed by atoms with E-state index < -0.39 is 0 Å². The van der Waals surface area contributed by atoms with Crippen molar-refractivity contribution in [3.05, 3.63) is 36.4 Å². The Kier molecular flexibility index (Phi) is 5.85. The van der Waals surface area contributed by atoms with Crippen LogP contribution in [-0.2, 0) is 0 Å². The van der Waals surface area contributed by atoms with Gasteiger partial charge in [0, 0.05) is 12.4 Å². The van der Waals surface area contributed by atoms with Gasteiger partial charge in [-0.05, 0) is 11.5 Å². The van der Waals surface area contributed by atoms with E-state index in [1.54, 1.807) is 7.05 Å². The molecule has 0 unspecified atom stereocenters. The van der Waals surface area contributed by atoms with Crippen molar-refractivity contribution < 1.29 is 0 Å². The van der Waals surface area contributed by atoms with E-state index in [0.717, 1.165) is 16.5 Å². The summed E-state index contributed by atoms with van der Waals surface area (Å²) in [6.45, 7) is 4.36. The summed E-state index contributed by atoms with van der Waals surface area (Å²) in [5.74, 6) is 0. The summed E-state index contributed by atoms with van der Waals surface area (Å²) < 4.78 is 0. The van der Waals surface area contributed by atoms with Crippen molar-refractivity contribution in [2.45, 2.75) is 26.7 Å². The third-order valence-corrected chi connectivity index (χ3v) is 2.63. The molecule has 0 radical (unpaired) electrons. The minimum atomic E-state index is 0.661. The molecule has 0 bridgehead atoms. The molecule has 3 heteroatoms. The minimum Gasteiger partial charge on any atom is -0.397 e. The van der Waals surface area contributed by atoms with Gasteiger partial charge in [0.15, 0.2) is 0 Å². The Hall–Kier alpha value is -1.90. The van der Waals surface area contributed by atoms with E-state index in [9.17, 15) is 0 Å². The first kappa shape index (κ1) is 14.2. The zero-order valence-electron chi connectivity index (χ0n) is 11.4. The molecule has 2 N–H and O–H groups in total. The van der Waals surface area contributed by atoms with E-state index in [1.165, 1.54) is 12.8 Å². The number of unbranched alkanes of at least 4 members (excludes halogenated alkanes) is 1. The summed E-state index contributed by atoms with van der Waals surface area (Å²) in [5, 5.41) is 9.96. The smallest absolute Gasteiger partial charge is 0.116 e. The number of rotatable bonds is 2. The number of fused-ring (bicyclic) bond motifs is 1. The monoisotopic (exact) mass is 243 g/mol. The van der Waals surface area contributed by atoms with Crippen LogP contribution in [-0.4, -0.2) is 7.05 Å².